The highest BCUT2D eigenvalue weighted by Gasteiger charge is 2.33. The third kappa shape index (κ3) is 3.17. The first-order valence-electron chi connectivity index (χ1n) is 8.30. The molecule has 1 aromatic carbocycles. The number of nitrogens with zero attached hydrogens (tertiary/aromatic N) is 3. The molecular formula is C17H19FN4OS. The summed E-state index contributed by atoms with van der Waals surface area (Å²) >= 11 is 1.39. The second-order valence-electron chi connectivity index (χ2n) is 6.43. The van der Waals surface area contributed by atoms with Gasteiger partial charge in [-0.25, -0.2) is 4.39 Å². The molecule has 1 N–H and O–H groups in total. The van der Waals surface area contributed by atoms with E-state index in [1.54, 1.807) is 18.2 Å². The van der Waals surface area contributed by atoms with Crippen LogP contribution in [0.3, 0.4) is 0 Å². The van der Waals surface area contributed by atoms with Crippen molar-refractivity contribution in [2.24, 2.45) is 0 Å². The van der Waals surface area contributed by atoms with E-state index in [4.69, 9.17) is 0 Å². The first kappa shape index (κ1) is 15.6. The van der Waals surface area contributed by atoms with Crippen molar-refractivity contribution in [1.29, 1.82) is 0 Å². The van der Waals surface area contributed by atoms with Gasteiger partial charge in [0, 0.05) is 12.1 Å². The summed E-state index contributed by atoms with van der Waals surface area (Å²) < 4.78 is 16.1. The third-order valence-corrected chi connectivity index (χ3v) is 5.32. The van der Waals surface area contributed by atoms with Gasteiger partial charge in [0.15, 0.2) is 11.0 Å². The average molecular weight is 346 g/mol. The van der Waals surface area contributed by atoms with Crippen LogP contribution in [0.4, 0.5) is 4.39 Å². The number of rotatable bonds is 6. The number of carbonyl (C=O) groups is 1. The quantitative estimate of drug-likeness (QED) is 0.816. The molecule has 5 nitrogen and oxygen atoms in total. The molecule has 126 valence electrons. The molecule has 1 heterocycles. The van der Waals surface area contributed by atoms with Crippen molar-refractivity contribution >= 4 is 17.7 Å². The Kier molecular flexibility index (Phi) is 4.04. The van der Waals surface area contributed by atoms with Crippen molar-refractivity contribution in [3.8, 4) is 11.4 Å². The highest BCUT2D eigenvalue weighted by atomic mass is 32.2. The maximum atomic E-state index is 14.1. The van der Waals surface area contributed by atoms with E-state index in [9.17, 15) is 9.18 Å². The van der Waals surface area contributed by atoms with E-state index in [1.165, 1.54) is 17.8 Å². The normalized spacial score (nSPS) is 18.4. The number of carbonyl (C=O) groups excluding carboxylic acids is 1. The molecule has 0 bridgehead atoms. The van der Waals surface area contributed by atoms with Crippen molar-refractivity contribution in [2.45, 2.75) is 55.1 Å². The summed E-state index contributed by atoms with van der Waals surface area (Å²) in [5.41, 5.74) is 0.457. The lowest BCUT2D eigenvalue weighted by Gasteiger charge is -2.13. The molecule has 2 aromatic rings. The Bertz CT molecular complexity index is 770. The molecule has 0 spiro atoms. The number of nitrogens with one attached hydrogen (secondary N) is 1. The predicted octanol–water partition coefficient (Wildman–Crippen LogP) is 3.18. The van der Waals surface area contributed by atoms with Crippen molar-refractivity contribution in [3.05, 3.63) is 30.1 Å². The number of halogens is 1. The first-order chi connectivity index (χ1) is 11.6. The largest absolute Gasteiger partial charge is 0.352 e. The summed E-state index contributed by atoms with van der Waals surface area (Å²) in [6, 6.07) is 7.25. The maximum absolute atomic E-state index is 14.1. The lowest BCUT2D eigenvalue weighted by atomic mass is 10.2. The summed E-state index contributed by atoms with van der Waals surface area (Å²) in [6.07, 6.45) is 4.21. The zero-order valence-electron chi connectivity index (χ0n) is 13.4. The van der Waals surface area contributed by atoms with E-state index in [0.29, 0.717) is 28.6 Å². The Hall–Kier alpha value is -1.89. The van der Waals surface area contributed by atoms with Gasteiger partial charge in [-0.1, -0.05) is 23.9 Å². The van der Waals surface area contributed by atoms with Gasteiger partial charge in [-0.15, -0.1) is 10.2 Å². The van der Waals surface area contributed by atoms with Gasteiger partial charge >= 0.3 is 0 Å². The molecule has 7 heteroatoms. The second-order valence-corrected chi connectivity index (χ2v) is 7.74. The molecule has 0 saturated heterocycles. The van der Waals surface area contributed by atoms with E-state index in [1.807, 2.05) is 11.5 Å². The van der Waals surface area contributed by atoms with E-state index in [0.717, 1.165) is 25.7 Å². The van der Waals surface area contributed by atoms with Crippen LogP contribution in [-0.4, -0.2) is 32.0 Å². The van der Waals surface area contributed by atoms with Crippen LogP contribution in [0.1, 0.15) is 38.6 Å². The number of hydrogen-bond acceptors (Lipinski definition) is 4. The highest BCUT2D eigenvalue weighted by Crippen LogP contribution is 2.42. The van der Waals surface area contributed by atoms with E-state index < -0.39 is 0 Å². The van der Waals surface area contributed by atoms with Crippen LogP contribution in [0.25, 0.3) is 11.4 Å². The average Bonchev–Trinajstić information content (AvgIpc) is 3.49. The number of thioether (sulfide) groups is 1. The lowest BCUT2D eigenvalue weighted by Crippen LogP contribution is -2.32. The summed E-state index contributed by atoms with van der Waals surface area (Å²) in [7, 11) is 0. The lowest BCUT2D eigenvalue weighted by molar-refractivity contribution is -0.120. The van der Waals surface area contributed by atoms with Crippen molar-refractivity contribution in [2.75, 3.05) is 0 Å². The molecule has 1 aromatic heterocycles. The van der Waals surface area contributed by atoms with Gasteiger partial charge in [-0.05, 0) is 44.7 Å². The molecule has 1 unspecified atom stereocenters. The van der Waals surface area contributed by atoms with Crippen LogP contribution >= 0.6 is 11.8 Å². The molecule has 2 aliphatic rings. The smallest absolute Gasteiger partial charge is 0.233 e. The van der Waals surface area contributed by atoms with Gasteiger partial charge in [0.1, 0.15) is 5.82 Å². The number of hydrogen-bond donors (Lipinski definition) is 1. The summed E-state index contributed by atoms with van der Waals surface area (Å²) in [5.74, 6) is 0.274. The Morgan fingerprint density at radius 1 is 1.29 bits per heavy atom. The molecule has 4 rings (SSSR count). The Morgan fingerprint density at radius 3 is 2.71 bits per heavy atom. The van der Waals surface area contributed by atoms with Gasteiger partial charge in [-0.3, -0.25) is 9.36 Å². The summed E-state index contributed by atoms with van der Waals surface area (Å²) in [5, 5.41) is 11.9. The minimum absolute atomic E-state index is 0.0280. The fourth-order valence-corrected chi connectivity index (χ4v) is 3.53. The minimum Gasteiger partial charge on any atom is -0.352 e. The van der Waals surface area contributed by atoms with Gasteiger partial charge in [0.25, 0.3) is 0 Å². The maximum Gasteiger partial charge on any atom is 0.233 e. The fraction of sp³-hybridized carbons (Fsp3) is 0.471. The van der Waals surface area contributed by atoms with Gasteiger partial charge in [0.2, 0.25) is 5.91 Å². The summed E-state index contributed by atoms with van der Waals surface area (Å²) in [6.45, 7) is 1.87. The first-order valence-corrected chi connectivity index (χ1v) is 9.18. The molecular weight excluding hydrogens is 327 g/mol. The second kappa shape index (κ2) is 6.20. The zero-order valence-corrected chi connectivity index (χ0v) is 14.2. The van der Waals surface area contributed by atoms with E-state index in [-0.39, 0.29) is 17.0 Å². The van der Waals surface area contributed by atoms with Gasteiger partial charge < -0.3 is 5.32 Å². The molecule has 2 fully saturated rings. The van der Waals surface area contributed by atoms with Crippen LogP contribution < -0.4 is 5.32 Å². The Balaban J connectivity index is 1.59. The van der Waals surface area contributed by atoms with Crippen LogP contribution in [0.5, 0.6) is 0 Å². The topological polar surface area (TPSA) is 59.8 Å². The number of benzene rings is 1. The zero-order chi connectivity index (χ0) is 16.7. The van der Waals surface area contributed by atoms with Crippen LogP contribution in [0.2, 0.25) is 0 Å². The third-order valence-electron chi connectivity index (χ3n) is 4.27. The van der Waals surface area contributed by atoms with E-state index >= 15 is 0 Å². The molecule has 0 radical (unpaired) electrons. The molecule has 0 aliphatic heterocycles. The van der Waals surface area contributed by atoms with Crippen molar-refractivity contribution in [1.82, 2.24) is 20.1 Å². The Labute approximate surface area is 144 Å². The van der Waals surface area contributed by atoms with Gasteiger partial charge in [-0.2, -0.15) is 0 Å². The Morgan fingerprint density at radius 2 is 2.04 bits per heavy atom. The molecule has 1 atom stereocenters. The highest BCUT2D eigenvalue weighted by molar-refractivity contribution is 8.00. The van der Waals surface area contributed by atoms with Crippen molar-refractivity contribution in [3.63, 3.8) is 0 Å². The predicted molar refractivity (Wildman–Crippen MR) is 90.2 cm³/mol. The van der Waals surface area contributed by atoms with Gasteiger partial charge in [0.05, 0.1) is 10.8 Å². The summed E-state index contributed by atoms with van der Waals surface area (Å²) in [4.78, 5) is 12.2. The van der Waals surface area contributed by atoms with Crippen LogP contribution in [0.15, 0.2) is 29.4 Å². The molecule has 1 amide bonds. The van der Waals surface area contributed by atoms with E-state index in [2.05, 4.69) is 15.5 Å². The number of amides is 1. The minimum atomic E-state index is -0.303. The fourth-order valence-electron chi connectivity index (χ4n) is 2.60. The molecule has 2 saturated carbocycles. The standard InChI is InChI=1S/C17H19FN4OS/c1-10(16(23)19-11-6-7-11)24-17-21-20-15(22(17)12-8-9-12)13-4-2-3-5-14(13)18/h2-5,10-12H,6-9H2,1H3,(H,19,23). The molecule has 2 aliphatic carbocycles. The monoisotopic (exact) mass is 346 g/mol. The van der Waals surface area contributed by atoms with Crippen LogP contribution in [0, 0.1) is 5.82 Å². The number of aromatic nitrogens is 3. The van der Waals surface area contributed by atoms with Crippen molar-refractivity contribution < 1.29 is 9.18 Å². The van der Waals surface area contributed by atoms with Crippen LogP contribution in [-0.2, 0) is 4.79 Å². The molecule has 24 heavy (non-hydrogen) atoms. The SMILES string of the molecule is CC(Sc1nnc(-c2ccccc2F)n1C1CC1)C(=O)NC1CC1.